The summed E-state index contributed by atoms with van der Waals surface area (Å²) in [6, 6.07) is 1.14. The van der Waals surface area contributed by atoms with Crippen molar-refractivity contribution in [1.82, 2.24) is 10.2 Å². The molecule has 0 aliphatic carbocycles. The number of rotatable bonds is 4. The zero-order valence-electron chi connectivity index (χ0n) is 10.4. The van der Waals surface area contributed by atoms with Gasteiger partial charge in [-0.2, -0.15) is 0 Å². The molecule has 94 valence electrons. The third-order valence-electron chi connectivity index (χ3n) is 3.73. The first-order valence-corrected chi connectivity index (χ1v) is 6.40. The maximum Gasteiger partial charge on any atom is 0.0702 e. The number of nitrogens with one attached hydrogen (secondary N) is 1. The van der Waals surface area contributed by atoms with Crippen LogP contribution in [0, 0.1) is 0 Å². The van der Waals surface area contributed by atoms with Crippen LogP contribution in [0.4, 0.5) is 0 Å². The predicted molar refractivity (Wildman–Crippen MR) is 63.7 cm³/mol. The van der Waals surface area contributed by atoms with Crippen molar-refractivity contribution in [3.63, 3.8) is 0 Å². The highest BCUT2D eigenvalue weighted by atomic mass is 16.5. The van der Waals surface area contributed by atoms with Gasteiger partial charge in [0.05, 0.1) is 19.3 Å². The van der Waals surface area contributed by atoms with E-state index in [0.29, 0.717) is 18.2 Å². The van der Waals surface area contributed by atoms with E-state index < -0.39 is 0 Å². The van der Waals surface area contributed by atoms with E-state index in [9.17, 15) is 0 Å². The summed E-state index contributed by atoms with van der Waals surface area (Å²) in [5, 5.41) is 3.49. The average Bonchev–Trinajstić information content (AvgIpc) is 2.74. The molecule has 0 aromatic rings. The van der Waals surface area contributed by atoms with Crippen molar-refractivity contribution < 1.29 is 9.47 Å². The quantitative estimate of drug-likeness (QED) is 0.758. The lowest BCUT2D eigenvalue weighted by molar-refractivity contribution is 0.0609. The number of ether oxygens (including phenoxy) is 2. The molecule has 2 saturated heterocycles. The highest BCUT2D eigenvalue weighted by molar-refractivity contribution is 4.81. The molecule has 2 aliphatic rings. The molecule has 16 heavy (non-hydrogen) atoms. The van der Waals surface area contributed by atoms with Gasteiger partial charge in [0.15, 0.2) is 0 Å². The first-order chi connectivity index (χ1) is 7.77. The normalized spacial score (nSPS) is 35.8. The van der Waals surface area contributed by atoms with Gasteiger partial charge in [-0.15, -0.1) is 0 Å². The van der Waals surface area contributed by atoms with Crippen LogP contribution in [0.15, 0.2) is 0 Å². The molecular weight excluding hydrogens is 204 g/mol. The zero-order chi connectivity index (χ0) is 11.4. The molecule has 0 bridgehead atoms. The Labute approximate surface area is 98.3 Å². The number of hydrogen-bond donors (Lipinski definition) is 1. The monoisotopic (exact) mass is 228 g/mol. The fourth-order valence-electron chi connectivity index (χ4n) is 2.63. The Morgan fingerprint density at radius 3 is 2.88 bits per heavy atom. The van der Waals surface area contributed by atoms with Gasteiger partial charge in [0, 0.05) is 25.2 Å². The number of nitrogens with zero attached hydrogens (tertiary/aromatic N) is 1. The third-order valence-corrected chi connectivity index (χ3v) is 3.73. The maximum atomic E-state index is 5.60. The van der Waals surface area contributed by atoms with Gasteiger partial charge in [-0.05, 0) is 33.4 Å². The van der Waals surface area contributed by atoms with Crippen LogP contribution in [-0.2, 0) is 9.47 Å². The van der Waals surface area contributed by atoms with Gasteiger partial charge in [-0.25, -0.2) is 0 Å². The van der Waals surface area contributed by atoms with Gasteiger partial charge in [0.2, 0.25) is 0 Å². The van der Waals surface area contributed by atoms with Crippen LogP contribution in [0.1, 0.15) is 19.8 Å². The van der Waals surface area contributed by atoms with Gasteiger partial charge in [-0.1, -0.05) is 0 Å². The molecule has 0 aromatic heterocycles. The van der Waals surface area contributed by atoms with Crippen molar-refractivity contribution in [3.8, 4) is 0 Å². The summed E-state index contributed by atoms with van der Waals surface area (Å²) in [6.07, 6.45) is 2.73. The summed E-state index contributed by atoms with van der Waals surface area (Å²) in [5.41, 5.74) is 0. The highest BCUT2D eigenvalue weighted by Gasteiger charge is 2.28. The lowest BCUT2D eigenvalue weighted by Gasteiger charge is -2.30. The third kappa shape index (κ3) is 3.17. The van der Waals surface area contributed by atoms with E-state index in [1.807, 2.05) is 0 Å². The van der Waals surface area contributed by atoms with E-state index in [0.717, 1.165) is 32.9 Å². The Kier molecular flexibility index (Phi) is 4.58. The van der Waals surface area contributed by atoms with Crippen molar-refractivity contribution in [2.75, 3.05) is 40.0 Å². The second-order valence-corrected chi connectivity index (χ2v) is 4.93. The minimum Gasteiger partial charge on any atom is -0.379 e. The van der Waals surface area contributed by atoms with E-state index >= 15 is 0 Å². The second-order valence-electron chi connectivity index (χ2n) is 4.93. The minimum atomic E-state index is 0.389. The first-order valence-electron chi connectivity index (χ1n) is 6.40. The minimum absolute atomic E-state index is 0.389. The molecule has 0 aromatic carbocycles. The van der Waals surface area contributed by atoms with E-state index in [2.05, 4.69) is 24.2 Å². The molecule has 3 unspecified atom stereocenters. The highest BCUT2D eigenvalue weighted by Crippen LogP contribution is 2.18. The molecule has 4 nitrogen and oxygen atoms in total. The molecule has 2 rings (SSSR count). The smallest absolute Gasteiger partial charge is 0.0702 e. The topological polar surface area (TPSA) is 33.7 Å². The Balaban J connectivity index is 1.68. The summed E-state index contributed by atoms with van der Waals surface area (Å²) < 4.78 is 11.1. The van der Waals surface area contributed by atoms with E-state index in [-0.39, 0.29) is 0 Å². The van der Waals surface area contributed by atoms with Gasteiger partial charge in [0.1, 0.15) is 0 Å². The van der Waals surface area contributed by atoms with Crippen molar-refractivity contribution in [2.24, 2.45) is 0 Å². The standard InChI is InChI=1S/C12H24N2O2/c1-10-12(4-7-16-10)14(2)6-3-11-9-15-8-5-13-11/h10-13H,3-9H2,1-2H3. The van der Waals surface area contributed by atoms with Crippen LogP contribution in [0.2, 0.25) is 0 Å². The fraction of sp³-hybridized carbons (Fsp3) is 1.00. The molecule has 1 N–H and O–H groups in total. The molecule has 3 atom stereocenters. The van der Waals surface area contributed by atoms with Crippen molar-refractivity contribution in [3.05, 3.63) is 0 Å². The second kappa shape index (κ2) is 5.96. The molecule has 2 heterocycles. The van der Waals surface area contributed by atoms with Crippen LogP contribution in [-0.4, -0.2) is 63.0 Å². The Hall–Kier alpha value is -0.160. The van der Waals surface area contributed by atoms with Crippen LogP contribution in [0.5, 0.6) is 0 Å². The van der Waals surface area contributed by atoms with Crippen LogP contribution >= 0.6 is 0 Å². The molecule has 2 fully saturated rings. The number of hydrogen-bond acceptors (Lipinski definition) is 4. The maximum absolute atomic E-state index is 5.60. The predicted octanol–water partition coefficient (Wildman–Crippen LogP) is 0.474. The number of morpholine rings is 1. The Bertz CT molecular complexity index is 207. The molecule has 2 aliphatic heterocycles. The molecule has 4 heteroatoms. The molecule has 0 saturated carbocycles. The van der Waals surface area contributed by atoms with Crippen molar-refractivity contribution in [2.45, 2.75) is 38.0 Å². The zero-order valence-corrected chi connectivity index (χ0v) is 10.4. The Morgan fingerprint density at radius 1 is 1.38 bits per heavy atom. The van der Waals surface area contributed by atoms with Crippen LogP contribution < -0.4 is 5.32 Å². The molecule has 0 spiro atoms. The average molecular weight is 228 g/mol. The van der Waals surface area contributed by atoms with Gasteiger partial charge in [0.25, 0.3) is 0 Å². The summed E-state index contributed by atoms with van der Waals surface area (Å²) in [6.45, 7) is 6.94. The summed E-state index contributed by atoms with van der Waals surface area (Å²) in [5.74, 6) is 0. The van der Waals surface area contributed by atoms with Crippen LogP contribution in [0.3, 0.4) is 0 Å². The van der Waals surface area contributed by atoms with E-state index in [1.165, 1.54) is 12.8 Å². The molecular formula is C12H24N2O2. The number of likely N-dealkylation sites (N-methyl/N-ethyl adjacent to an activating group) is 1. The summed E-state index contributed by atoms with van der Waals surface area (Å²) >= 11 is 0. The van der Waals surface area contributed by atoms with Crippen molar-refractivity contribution >= 4 is 0 Å². The lowest BCUT2D eigenvalue weighted by atomic mass is 10.1. The van der Waals surface area contributed by atoms with Gasteiger partial charge >= 0.3 is 0 Å². The van der Waals surface area contributed by atoms with Gasteiger partial charge < -0.3 is 19.7 Å². The fourth-order valence-corrected chi connectivity index (χ4v) is 2.63. The first kappa shape index (κ1) is 12.3. The largest absolute Gasteiger partial charge is 0.379 e. The SMILES string of the molecule is CC1OCCC1N(C)CCC1COCCN1. The molecule has 0 radical (unpaired) electrons. The van der Waals surface area contributed by atoms with E-state index in [1.54, 1.807) is 0 Å². The Morgan fingerprint density at radius 2 is 2.25 bits per heavy atom. The van der Waals surface area contributed by atoms with E-state index in [4.69, 9.17) is 9.47 Å². The lowest BCUT2D eigenvalue weighted by Crippen LogP contribution is -2.45. The summed E-state index contributed by atoms with van der Waals surface area (Å²) in [4.78, 5) is 2.44. The van der Waals surface area contributed by atoms with Crippen LogP contribution in [0.25, 0.3) is 0 Å². The van der Waals surface area contributed by atoms with Crippen molar-refractivity contribution in [1.29, 1.82) is 0 Å². The summed E-state index contributed by atoms with van der Waals surface area (Å²) in [7, 11) is 2.21. The van der Waals surface area contributed by atoms with Gasteiger partial charge in [-0.3, -0.25) is 0 Å². The molecule has 0 amide bonds.